The van der Waals surface area contributed by atoms with Crippen molar-refractivity contribution in [2.75, 3.05) is 18.5 Å². The van der Waals surface area contributed by atoms with Crippen LogP contribution in [-0.2, 0) is 6.42 Å². The van der Waals surface area contributed by atoms with E-state index >= 15 is 0 Å². The van der Waals surface area contributed by atoms with Crippen LogP contribution in [0.2, 0.25) is 0 Å². The summed E-state index contributed by atoms with van der Waals surface area (Å²) in [7, 11) is 2.00. The van der Waals surface area contributed by atoms with Gasteiger partial charge in [0.05, 0.1) is 0 Å². The van der Waals surface area contributed by atoms with E-state index in [2.05, 4.69) is 25.8 Å². The highest BCUT2D eigenvalue weighted by Gasteiger charge is 2.10. The van der Waals surface area contributed by atoms with Gasteiger partial charge in [-0.1, -0.05) is 22.0 Å². The van der Waals surface area contributed by atoms with Gasteiger partial charge in [-0.25, -0.2) is 0 Å². The summed E-state index contributed by atoms with van der Waals surface area (Å²) in [6, 6.07) is 11.7. The monoisotopic (exact) mass is 332 g/mol. The molecule has 2 aromatic rings. The maximum atomic E-state index is 7.66. The van der Waals surface area contributed by atoms with Crippen LogP contribution in [0.5, 0.6) is 0 Å². The number of benzene rings is 1. The van der Waals surface area contributed by atoms with Gasteiger partial charge in [-0.15, -0.1) is 0 Å². The van der Waals surface area contributed by atoms with Gasteiger partial charge in [0, 0.05) is 47.6 Å². The van der Waals surface area contributed by atoms with Crippen LogP contribution in [0.4, 0.5) is 5.69 Å². The third-order valence-corrected chi connectivity index (χ3v) is 3.58. The molecule has 5 heteroatoms. The molecule has 0 atom stereocenters. The first kappa shape index (κ1) is 14.5. The minimum absolute atomic E-state index is 0.0807. The number of nitrogens with zero attached hydrogens (tertiary/aromatic N) is 2. The predicted octanol–water partition coefficient (Wildman–Crippen LogP) is 2.81. The zero-order chi connectivity index (χ0) is 14.5. The topological polar surface area (TPSA) is 66.0 Å². The Balaban J connectivity index is 2.14. The third kappa shape index (κ3) is 3.57. The molecule has 0 fully saturated rings. The Labute approximate surface area is 127 Å². The first-order chi connectivity index (χ1) is 9.58. The average Bonchev–Trinajstić information content (AvgIpc) is 2.45. The number of anilines is 1. The van der Waals surface area contributed by atoms with E-state index in [-0.39, 0.29) is 5.84 Å². The van der Waals surface area contributed by atoms with Crippen LogP contribution in [-0.4, -0.2) is 24.4 Å². The normalized spacial score (nSPS) is 10.3. The Morgan fingerprint density at radius 2 is 2.15 bits per heavy atom. The SMILES string of the molecule is CN(CCc1ccccn1)c1cc(Br)ccc1C(=N)N. The summed E-state index contributed by atoms with van der Waals surface area (Å²) in [5.74, 6) is 0.0807. The first-order valence-corrected chi connectivity index (χ1v) is 7.12. The molecule has 0 aliphatic heterocycles. The summed E-state index contributed by atoms with van der Waals surface area (Å²) >= 11 is 3.46. The number of nitrogens with two attached hydrogens (primary N) is 1. The van der Waals surface area contributed by atoms with E-state index in [4.69, 9.17) is 11.1 Å². The fourth-order valence-electron chi connectivity index (χ4n) is 2.00. The van der Waals surface area contributed by atoms with Gasteiger partial charge in [0.1, 0.15) is 5.84 Å². The highest BCUT2D eigenvalue weighted by Crippen LogP contribution is 2.24. The Morgan fingerprint density at radius 1 is 1.35 bits per heavy atom. The molecule has 0 amide bonds. The van der Waals surface area contributed by atoms with Gasteiger partial charge in [0.2, 0.25) is 0 Å². The number of nitrogens with one attached hydrogen (secondary N) is 1. The molecule has 1 aromatic heterocycles. The minimum atomic E-state index is 0.0807. The van der Waals surface area contributed by atoms with E-state index in [0.29, 0.717) is 0 Å². The lowest BCUT2D eigenvalue weighted by molar-refractivity contribution is 0.851. The molecule has 2 rings (SSSR count). The van der Waals surface area contributed by atoms with Crippen molar-refractivity contribution in [3.63, 3.8) is 0 Å². The van der Waals surface area contributed by atoms with Gasteiger partial charge in [-0.3, -0.25) is 10.4 Å². The van der Waals surface area contributed by atoms with Crippen molar-refractivity contribution in [3.05, 3.63) is 58.3 Å². The molecule has 20 heavy (non-hydrogen) atoms. The highest BCUT2D eigenvalue weighted by atomic mass is 79.9. The Kier molecular flexibility index (Phi) is 4.74. The van der Waals surface area contributed by atoms with Crippen molar-refractivity contribution in [3.8, 4) is 0 Å². The Morgan fingerprint density at radius 3 is 2.80 bits per heavy atom. The maximum absolute atomic E-state index is 7.66. The van der Waals surface area contributed by atoms with Gasteiger partial charge in [0.25, 0.3) is 0 Å². The third-order valence-electron chi connectivity index (χ3n) is 3.09. The quantitative estimate of drug-likeness (QED) is 0.653. The molecule has 4 nitrogen and oxygen atoms in total. The van der Waals surface area contributed by atoms with Crippen LogP contribution >= 0.6 is 15.9 Å². The van der Waals surface area contributed by atoms with Crippen molar-refractivity contribution in [2.45, 2.75) is 6.42 Å². The fraction of sp³-hybridized carbons (Fsp3) is 0.200. The maximum Gasteiger partial charge on any atom is 0.124 e. The van der Waals surface area contributed by atoms with E-state index < -0.39 is 0 Å². The van der Waals surface area contributed by atoms with Crippen molar-refractivity contribution in [1.82, 2.24) is 4.98 Å². The lowest BCUT2D eigenvalue weighted by Gasteiger charge is -2.22. The summed E-state index contributed by atoms with van der Waals surface area (Å²) in [6.45, 7) is 0.813. The van der Waals surface area contributed by atoms with Crippen molar-refractivity contribution in [2.24, 2.45) is 5.73 Å². The largest absolute Gasteiger partial charge is 0.384 e. The summed E-state index contributed by atoms with van der Waals surface area (Å²) in [5.41, 5.74) is 8.39. The molecule has 3 N–H and O–H groups in total. The highest BCUT2D eigenvalue weighted by molar-refractivity contribution is 9.10. The molecule has 1 heterocycles. The molecule has 0 aliphatic carbocycles. The van der Waals surface area contributed by atoms with Crippen LogP contribution < -0.4 is 10.6 Å². The minimum Gasteiger partial charge on any atom is -0.384 e. The summed E-state index contributed by atoms with van der Waals surface area (Å²) < 4.78 is 0.974. The second kappa shape index (κ2) is 6.52. The number of hydrogen-bond donors (Lipinski definition) is 2. The molecule has 0 saturated heterocycles. The molecule has 104 valence electrons. The van der Waals surface area contributed by atoms with Gasteiger partial charge in [-0.2, -0.15) is 0 Å². The summed E-state index contributed by atoms with van der Waals surface area (Å²) in [5, 5.41) is 7.66. The van der Waals surface area contributed by atoms with Crippen molar-refractivity contribution >= 4 is 27.5 Å². The number of aromatic nitrogens is 1. The molecular weight excluding hydrogens is 316 g/mol. The molecule has 0 radical (unpaired) electrons. The Bertz CT molecular complexity index is 598. The van der Waals surface area contributed by atoms with Crippen LogP contribution in [0.1, 0.15) is 11.3 Å². The first-order valence-electron chi connectivity index (χ1n) is 6.33. The lowest BCUT2D eigenvalue weighted by Crippen LogP contribution is -2.24. The fourth-order valence-corrected chi connectivity index (χ4v) is 2.35. The van der Waals surface area contributed by atoms with E-state index in [9.17, 15) is 0 Å². The van der Waals surface area contributed by atoms with Crippen molar-refractivity contribution < 1.29 is 0 Å². The molecular formula is C15H17BrN4. The van der Waals surface area contributed by atoms with Crippen molar-refractivity contribution in [1.29, 1.82) is 5.41 Å². The van der Waals surface area contributed by atoms with Gasteiger partial charge < -0.3 is 10.6 Å². The molecule has 1 aromatic carbocycles. The van der Waals surface area contributed by atoms with Crippen LogP contribution in [0, 0.1) is 5.41 Å². The zero-order valence-electron chi connectivity index (χ0n) is 11.3. The number of amidine groups is 1. The van der Waals surface area contributed by atoms with E-state index in [1.807, 2.05) is 43.4 Å². The second-order valence-electron chi connectivity index (χ2n) is 4.57. The standard InChI is InChI=1S/C15H17BrN4/c1-20(9-7-12-4-2-3-8-19-12)14-10-11(16)5-6-13(14)15(17)18/h2-6,8,10H,7,9H2,1H3,(H3,17,18). The molecule has 0 spiro atoms. The molecule has 0 aliphatic rings. The average molecular weight is 333 g/mol. The number of likely N-dealkylation sites (N-methyl/N-ethyl adjacent to an activating group) is 1. The zero-order valence-corrected chi connectivity index (χ0v) is 12.9. The number of rotatable bonds is 5. The Hall–Kier alpha value is -1.88. The van der Waals surface area contributed by atoms with E-state index in [0.717, 1.165) is 34.4 Å². The molecule has 0 saturated carbocycles. The van der Waals surface area contributed by atoms with Crippen LogP contribution in [0.25, 0.3) is 0 Å². The number of nitrogen functional groups attached to an aromatic ring is 1. The van der Waals surface area contributed by atoms with Gasteiger partial charge in [0.15, 0.2) is 0 Å². The number of halogens is 1. The number of pyridine rings is 1. The molecule has 0 bridgehead atoms. The van der Waals surface area contributed by atoms with Gasteiger partial charge >= 0.3 is 0 Å². The molecule has 0 unspecified atom stereocenters. The van der Waals surface area contributed by atoms with Gasteiger partial charge in [-0.05, 0) is 30.3 Å². The van der Waals surface area contributed by atoms with E-state index in [1.165, 1.54) is 0 Å². The van der Waals surface area contributed by atoms with E-state index in [1.54, 1.807) is 6.20 Å². The number of hydrogen-bond acceptors (Lipinski definition) is 3. The lowest BCUT2D eigenvalue weighted by atomic mass is 10.1. The van der Waals surface area contributed by atoms with Crippen LogP contribution in [0.3, 0.4) is 0 Å². The van der Waals surface area contributed by atoms with Crippen LogP contribution in [0.15, 0.2) is 47.1 Å². The second-order valence-corrected chi connectivity index (χ2v) is 5.48. The smallest absolute Gasteiger partial charge is 0.124 e. The summed E-state index contributed by atoms with van der Waals surface area (Å²) in [6.07, 6.45) is 2.65. The summed E-state index contributed by atoms with van der Waals surface area (Å²) in [4.78, 5) is 6.41. The predicted molar refractivity (Wildman–Crippen MR) is 86.4 cm³/mol.